The molecular formula is C15H14ClFN2O. The summed E-state index contributed by atoms with van der Waals surface area (Å²) < 4.78 is 13.1. The van der Waals surface area contributed by atoms with Gasteiger partial charge in [-0.05, 0) is 42.8 Å². The van der Waals surface area contributed by atoms with Gasteiger partial charge in [-0.1, -0.05) is 23.7 Å². The van der Waals surface area contributed by atoms with Gasteiger partial charge in [-0.25, -0.2) is 4.39 Å². The highest BCUT2D eigenvalue weighted by Gasteiger charge is 2.12. The van der Waals surface area contributed by atoms with Crippen molar-refractivity contribution in [3.8, 4) is 0 Å². The van der Waals surface area contributed by atoms with Crippen LogP contribution in [0.4, 0.5) is 10.1 Å². The summed E-state index contributed by atoms with van der Waals surface area (Å²) in [6, 6.07) is 10.9. The molecule has 2 aromatic carbocycles. The highest BCUT2D eigenvalue weighted by atomic mass is 35.5. The van der Waals surface area contributed by atoms with Gasteiger partial charge in [-0.2, -0.15) is 0 Å². The summed E-state index contributed by atoms with van der Waals surface area (Å²) in [5.41, 5.74) is 6.61. The molecule has 3 N–H and O–H groups in total. The van der Waals surface area contributed by atoms with Crippen LogP contribution in [0.25, 0.3) is 0 Å². The van der Waals surface area contributed by atoms with Gasteiger partial charge in [-0.3, -0.25) is 4.79 Å². The molecule has 0 radical (unpaired) electrons. The second-order valence-electron chi connectivity index (χ2n) is 4.49. The number of nitrogen functional groups attached to an aromatic ring is 1. The normalized spacial score (nSPS) is 11.9. The lowest BCUT2D eigenvalue weighted by Crippen LogP contribution is -2.26. The van der Waals surface area contributed by atoms with Gasteiger partial charge >= 0.3 is 0 Å². The fourth-order valence-corrected chi connectivity index (χ4v) is 2.02. The van der Waals surface area contributed by atoms with Gasteiger partial charge in [-0.15, -0.1) is 0 Å². The average Bonchev–Trinajstić information content (AvgIpc) is 2.41. The zero-order valence-corrected chi connectivity index (χ0v) is 11.6. The third kappa shape index (κ3) is 3.27. The molecule has 1 unspecified atom stereocenters. The molecule has 1 amide bonds. The highest BCUT2D eigenvalue weighted by Crippen LogP contribution is 2.18. The van der Waals surface area contributed by atoms with Gasteiger partial charge in [0, 0.05) is 10.6 Å². The number of amides is 1. The maximum absolute atomic E-state index is 13.1. The lowest BCUT2D eigenvalue weighted by atomic mass is 10.1. The molecule has 0 saturated carbocycles. The van der Waals surface area contributed by atoms with Crippen LogP contribution in [0.2, 0.25) is 5.02 Å². The number of halogens is 2. The van der Waals surface area contributed by atoms with E-state index in [0.717, 1.165) is 5.56 Å². The number of nitrogens with one attached hydrogen (secondary N) is 1. The molecule has 0 bridgehead atoms. The number of hydrogen-bond donors (Lipinski definition) is 2. The van der Waals surface area contributed by atoms with Gasteiger partial charge < -0.3 is 11.1 Å². The number of nitrogens with two attached hydrogens (primary N) is 1. The molecule has 0 heterocycles. The number of carbonyl (C=O) groups excluding carboxylic acids is 1. The molecule has 0 aliphatic rings. The van der Waals surface area contributed by atoms with Crippen LogP contribution in [0.15, 0.2) is 42.5 Å². The van der Waals surface area contributed by atoms with Gasteiger partial charge in [0.15, 0.2) is 0 Å². The van der Waals surface area contributed by atoms with Gasteiger partial charge in [0.2, 0.25) is 0 Å². The zero-order valence-electron chi connectivity index (χ0n) is 10.9. The van der Waals surface area contributed by atoms with Crippen LogP contribution in [0, 0.1) is 5.82 Å². The third-order valence-corrected chi connectivity index (χ3v) is 3.19. The minimum absolute atomic E-state index is 0.0481. The van der Waals surface area contributed by atoms with Crippen molar-refractivity contribution in [2.75, 3.05) is 5.73 Å². The van der Waals surface area contributed by atoms with E-state index in [1.807, 2.05) is 19.1 Å². The molecular weight excluding hydrogens is 279 g/mol. The van der Waals surface area contributed by atoms with Crippen molar-refractivity contribution in [2.45, 2.75) is 13.0 Å². The van der Waals surface area contributed by atoms with Crippen molar-refractivity contribution in [3.05, 3.63) is 64.4 Å². The molecule has 5 heteroatoms. The summed E-state index contributed by atoms with van der Waals surface area (Å²) in [5, 5.41) is 3.42. The van der Waals surface area contributed by atoms with E-state index in [9.17, 15) is 9.18 Å². The SMILES string of the molecule is CC(NC(=O)c1ccc(F)c(N)c1)c1cccc(Cl)c1. The van der Waals surface area contributed by atoms with E-state index in [0.29, 0.717) is 10.6 Å². The van der Waals surface area contributed by atoms with Crippen molar-refractivity contribution in [3.63, 3.8) is 0 Å². The van der Waals surface area contributed by atoms with Crippen molar-refractivity contribution in [2.24, 2.45) is 0 Å². The van der Waals surface area contributed by atoms with Gasteiger partial charge in [0.25, 0.3) is 5.91 Å². The first-order chi connectivity index (χ1) is 9.47. The van der Waals surface area contributed by atoms with E-state index < -0.39 is 5.82 Å². The quantitative estimate of drug-likeness (QED) is 0.850. The van der Waals surface area contributed by atoms with E-state index >= 15 is 0 Å². The summed E-state index contributed by atoms with van der Waals surface area (Å²) in [4.78, 5) is 12.1. The van der Waals surface area contributed by atoms with E-state index in [1.54, 1.807) is 12.1 Å². The first-order valence-electron chi connectivity index (χ1n) is 6.08. The van der Waals surface area contributed by atoms with Crippen LogP contribution in [0.5, 0.6) is 0 Å². The largest absolute Gasteiger partial charge is 0.396 e. The van der Waals surface area contributed by atoms with Crippen LogP contribution in [0.3, 0.4) is 0 Å². The molecule has 0 saturated heterocycles. The Morgan fingerprint density at radius 1 is 1.30 bits per heavy atom. The molecule has 1 atom stereocenters. The van der Waals surface area contributed by atoms with Crippen molar-refractivity contribution >= 4 is 23.2 Å². The van der Waals surface area contributed by atoms with Crippen LogP contribution < -0.4 is 11.1 Å². The molecule has 104 valence electrons. The summed E-state index contributed by atoms with van der Waals surface area (Å²) in [6.07, 6.45) is 0. The number of carbonyl (C=O) groups is 1. The van der Waals surface area contributed by atoms with Gasteiger partial charge in [0.05, 0.1) is 11.7 Å². The third-order valence-electron chi connectivity index (χ3n) is 2.95. The number of hydrogen-bond acceptors (Lipinski definition) is 2. The predicted octanol–water partition coefficient (Wildman–Crippen LogP) is 3.55. The number of benzene rings is 2. The number of rotatable bonds is 3. The Bertz CT molecular complexity index is 646. The second kappa shape index (κ2) is 5.92. The summed E-state index contributed by atoms with van der Waals surface area (Å²) >= 11 is 5.91. The van der Waals surface area contributed by atoms with Crippen LogP contribution in [0.1, 0.15) is 28.9 Å². The maximum Gasteiger partial charge on any atom is 0.251 e. The minimum atomic E-state index is -0.538. The Morgan fingerprint density at radius 2 is 2.05 bits per heavy atom. The predicted molar refractivity (Wildman–Crippen MR) is 78.1 cm³/mol. The second-order valence-corrected chi connectivity index (χ2v) is 4.92. The Morgan fingerprint density at radius 3 is 2.70 bits per heavy atom. The fourth-order valence-electron chi connectivity index (χ4n) is 1.82. The Labute approximate surface area is 121 Å². The molecule has 0 fully saturated rings. The van der Waals surface area contributed by atoms with Crippen molar-refractivity contribution in [1.82, 2.24) is 5.32 Å². The van der Waals surface area contributed by atoms with Gasteiger partial charge in [0.1, 0.15) is 5.82 Å². The lowest BCUT2D eigenvalue weighted by Gasteiger charge is -2.15. The summed E-state index contributed by atoms with van der Waals surface area (Å²) in [5.74, 6) is -0.853. The minimum Gasteiger partial charge on any atom is -0.396 e. The summed E-state index contributed by atoms with van der Waals surface area (Å²) in [6.45, 7) is 1.84. The molecule has 0 aromatic heterocycles. The molecule has 0 aliphatic heterocycles. The smallest absolute Gasteiger partial charge is 0.251 e. The van der Waals surface area contributed by atoms with Crippen LogP contribution in [-0.4, -0.2) is 5.91 Å². The van der Waals surface area contributed by atoms with E-state index in [4.69, 9.17) is 17.3 Å². The molecule has 0 aliphatic carbocycles. The Balaban J connectivity index is 2.13. The van der Waals surface area contributed by atoms with E-state index in [-0.39, 0.29) is 17.6 Å². The zero-order chi connectivity index (χ0) is 14.7. The maximum atomic E-state index is 13.1. The monoisotopic (exact) mass is 292 g/mol. The standard InChI is InChI=1S/C15H14ClFN2O/c1-9(10-3-2-4-12(16)7-10)19-15(20)11-5-6-13(17)14(18)8-11/h2-9H,18H2,1H3,(H,19,20). The first-order valence-corrected chi connectivity index (χ1v) is 6.46. The van der Waals surface area contributed by atoms with Crippen molar-refractivity contribution in [1.29, 1.82) is 0 Å². The fraction of sp³-hybridized carbons (Fsp3) is 0.133. The van der Waals surface area contributed by atoms with E-state index in [2.05, 4.69) is 5.32 Å². The molecule has 2 rings (SSSR count). The van der Waals surface area contributed by atoms with Crippen molar-refractivity contribution < 1.29 is 9.18 Å². The average molecular weight is 293 g/mol. The Hall–Kier alpha value is -2.07. The topological polar surface area (TPSA) is 55.1 Å². The molecule has 0 spiro atoms. The van der Waals surface area contributed by atoms with Crippen LogP contribution in [-0.2, 0) is 0 Å². The number of anilines is 1. The highest BCUT2D eigenvalue weighted by molar-refractivity contribution is 6.30. The summed E-state index contributed by atoms with van der Waals surface area (Å²) in [7, 11) is 0. The first kappa shape index (κ1) is 14.3. The Kier molecular flexibility index (Phi) is 4.25. The lowest BCUT2D eigenvalue weighted by molar-refractivity contribution is 0.0940. The molecule has 2 aromatic rings. The van der Waals surface area contributed by atoms with Crippen LogP contribution >= 0.6 is 11.6 Å². The van der Waals surface area contributed by atoms with E-state index in [1.165, 1.54) is 18.2 Å². The molecule has 3 nitrogen and oxygen atoms in total. The molecule has 20 heavy (non-hydrogen) atoms.